The first-order valence-electron chi connectivity index (χ1n) is 13.7. The van der Waals surface area contributed by atoms with Crippen molar-refractivity contribution in [3.05, 3.63) is 29.3 Å². The van der Waals surface area contributed by atoms with Gasteiger partial charge in [0.05, 0.1) is 12.0 Å². The molecule has 2 amide bonds. The zero-order valence-electron chi connectivity index (χ0n) is 22.3. The van der Waals surface area contributed by atoms with Crippen LogP contribution in [0.15, 0.2) is 18.2 Å². The third-order valence-electron chi connectivity index (χ3n) is 8.57. The Kier molecular flexibility index (Phi) is 7.06. The summed E-state index contributed by atoms with van der Waals surface area (Å²) in [5.74, 6) is -1.49. The van der Waals surface area contributed by atoms with Gasteiger partial charge in [0.1, 0.15) is 18.8 Å². The number of hydrogen-bond donors (Lipinski definition) is 2. The Labute approximate surface area is 219 Å². The van der Waals surface area contributed by atoms with E-state index in [0.29, 0.717) is 17.5 Å². The van der Waals surface area contributed by atoms with Gasteiger partial charge in [-0.05, 0) is 48.4 Å². The van der Waals surface area contributed by atoms with Gasteiger partial charge in [0, 0.05) is 50.0 Å². The number of rotatable bonds is 6. The number of anilines is 1. The van der Waals surface area contributed by atoms with Gasteiger partial charge in [-0.3, -0.25) is 19.3 Å². The van der Waals surface area contributed by atoms with Crippen LogP contribution in [-0.4, -0.2) is 91.0 Å². The van der Waals surface area contributed by atoms with Crippen molar-refractivity contribution in [2.24, 2.45) is 16.9 Å². The predicted molar refractivity (Wildman–Crippen MR) is 141 cm³/mol. The molecule has 5 rings (SSSR count). The lowest BCUT2D eigenvalue weighted by molar-refractivity contribution is -0.138. The van der Waals surface area contributed by atoms with E-state index >= 15 is 0 Å². The summed E-state index contributed by atoms with van der Waals surface area (Å²) in [6.07, 6.45) is 3.95. The third-order valence-corrected chi connectivity index (χ3v) is 8.57. The SMILES string of the molecule is CC(C)(C)C[C@H](C(=O)N1C[C@@H](N)[C@H]2OCC(=O)[C@H]21)c1cc(N2CCN(C3CCC3)CC2)ccc1C(N)=O. The molecular weight excluding hydrogens is 470 g/mol. The molecule has 0 aromatic heterocycles. The Hall–Kier alpha value is -2.49. The number of hydrogen-bond acceptors (Lipinski definition) is 7. The number of ether oxygens (including phenoxy) is 1. The van der Waals surface area contributed by atoms with Gasteiger partial charge in [-0.15, -0.1) is 0 Å². The maximum Gasteiger partial charge on any atom is 0.249 e. The van der Waals surface area contributed by atoms with Crippen LogP contribution in [0.4, 0.5) is 5.69 Å². The molecule has 0 radical (unpaired) electrons. The molecule has 202 valence electrons. The summed E-state index contributed by atoms with van der Waals surface area (Å²) in [4.78, 5) is 45.9. The molecule has 1 aliphatic carbocycles. The number of amides is 2. The smallest absolute Gasteiger partial charge is 0.249 e. The number of ketones is 1. The summed E-state index contributed by atoms with van der Waals surface area (Å²) in [6.45, 7) is 10.3. The minimum atomic E-state index is -0.662. The lowest BCUT2D eigenvalue weighted by Crippen LogP contribution is -2.52. The van der Waals surface area contributed by atoms with E-state index in [1.165, 1.54) is 19.3 Å². The van der Waals surface area contributed by atoms with E-state index in [1.54, 1.807) is 11.0 Å². The second kappa shape index (κ2) is 10.0. The fourth-order valence-corrected chi connectivity index (χ4v) is 6.42. The van der Waals surface area contributed by atoms with E-state index in [2.05, 4.69) is 30.6 Å². The van der Waals surface area contributed by atoms with Crippen LogP contribution in [0.2, 0.25) is 0 Å². The predicted octanol–water partition coefficient (Wildman–Crippen LogP) is 1.49. The number of Topliss-reactive ketones (excluding diaryl/α,β-unsaturated/α-hetero) is 1. The van der Waals surface area contributed by atoms with Crippen molar-refractivity contribution in [3.8, 4) is 0 Å². The molecule has 9 nitrogen and oxygen atoms in total. The molecule has 4 fully saturated rings. The fourth-order valence-electron chi connectivity index (χ4n) is 6.42. The van der Waals surface area contributed by atoms with E-state index in [0.717, 1.165) is 37.9 Å². The topological polar surface area (TPSA) is 122 Å². The average molecular weight is 512 g/mol. The zero-order valence-corrected chi connectivity index (χ0v) is 22.3. The summed E-state index contributed by atoms with van der Waals surface area (Å²) in [6, 6.07) is 5.33. The van der Waals surface area contributed by atoms with Crippen molar-refractivity contribution in [1.82, 2.24) is 9.80 Å². The average Bonchev–Trinajstić information content (AvgIpc) is 3.36. The normalized spacial score (nSPS) is 27.8. The van der Waals surface area contributed by atoms with E-state index in [1.807, 2.05) is 12.1 Å². The highest BCUT2D eigenvalue weighted by molar-refractivity contribution is 5.99. The lowest BCUT2D eigenvalue weighted by atomic mass is 9.79. The van der Waals surface area contributed by atoms with Crippen LogP contribution in [0.25, 0.3) is 0 Å². The van der Waals surface area contributed by atoms with Crippen molar-refractivity contribution in [3.63, 3.8) is 0 Å². The first-order chi connectivity index (χ1) is 17.5. The Morgan fingerprint density at radius 1 is 1.14 bits per heavy atom. The largest absolute Gasteiger partial charge is 0.369 e. The van der Waals surface area contributed by atoms with E-state index in [9.17, 15) is 14.4 Å². The minimum Gasteiger partial charge on any atom is -0.369 e. The Morgan fingerprint density at radius 3 is 2.43 bits per heavy atom. The molecule has 1 aromatic carbocycles. The quantitative estimate of drug-likeness (QED) is 0.593. The van der Waals surface area contributed by atoms with Gasteiger partial charge in [-0.25, -0.2) is 0 Å². The molecule has 1 aromatic rings. The number of primary amides is 1. The second-order valence-corrected chi connectivity index (χ2v) is 12.4. The molecule has 3 aliphatic heterocycles. The standard InChI is InChI=1S/C28H41N5O4/c1-28(2,3)14-21(27(36)33-15-22(29)25-24(33)23(34)16-37-25)20-13-18(7-8-19(20)26(30)35)32-11-9-31(10-12-32)17-5-4-6-17/h7-8,13,17,21-22,24-25H,4-6,9-12,14-16,29H2,1-3H3,(H2,30,35)/t21-,22+,24+,25+/m0/s1. The first-order valence-corrected chi connectivity index (χ1v) is 13.7. The van der Waals surface area contributed by atoms with E-state index in [4.69, 9.17) is 16.2 Å². The van der Waals surface area contributed by atoms with Crippen molar-refractivity contribution in [2.75, 3.05) is 44.2 Å². The van der Waals surface area contributed by atoms with Crippen LogP contribution in [-0.2, 0) is 14.3 Å². The summed E-state index contributed by atoms with van der Waals surface area (Å²) in [5, 5.41) is 0. The second-order valence-electron chi connectivity index (χ2n) is 12.4. The van der Waals surface area contributed by atoms with Crippen LogP contribution < -0.4 is 16.4 Å². The molecule has 37 heavy (non-hydrogen) atoms. The number of carbonyl (C=O) groups is 3. The minimum absolute atomic E-state index is 0.0222. The molecule has 3 saturated heterocycles. The van der Waals surface area contributed by atoms with Gasteiger partial charge >= 0.3 is 0 Å². The highest BCUT2D eigenvalue weighted by atomic mass is 16.5. The van der Waals surface area contributed by atoms with Crippen LogP contribution in [0.1, 0.15) is 68.3 Å². The van der Waals surface area contributed by atoms with Gasteiger partial charge in [-0.2, -0.15) is 0 Å². The van der Waals surface area contributed by atoms with E-state index < -0.39 is 30.0 Å². The summed E-state index contributed by atoms with van der Waals surface area (Å²) in [7, 11) is 0. The van der Waals surface area contributed by atoms with Gasteiger partial charge in [0.15, 0.2) is 5.78 Å². The molecule has 4 N–H and O–H groups in total. The Balaban J connectivity index is 1.46. The number of piperazine rings is 1. The van der Waals surface area contributed by atoms with E-state index in [-0.39, 0.29) is 30.3 Å². The summed E-state index contributed by atoms with van der Waals surface area (Å²) < 4.78 is 5.61. The van der Waals surface area contributed by atoms with Crippen molar-refractivity contribution in [1.29, 1.82) is 0 Å². The number of benzene rings is 1. The molecule has 9 heteroatoms. The van der Waals surface area contributed by atoms with Crippen molar-refractivity contribution in [2.45, 2.75) is 76.6 Å². The maximum absolute atomic E-state index is 14.2. The van der Waals surface area contributed by atoms with Crippen LogP contribution in [0.3, 0.4) is 0 Å². The van der Waals surface area contributed by atoms with Crippen LogP contribution in [0.5, 0.6) is 0 Å². The Morgan fingerprint density at radius 2 is 1.84 bits per heavy atom. The van der Waals surface area contributed by atoms with Crippen molar-refractivity contribution >= 4 is 23.3 Å². The number of likely N-dealkylation sites (tertiary alicyclic amines) is 1. The van der Waals surface area contributed by atoms with Crippen LogP contribution in [0, 0.1) is 5.41 Å². The highest BCUT2D eigenvalue weighted by Gasteiger charge is 2.52. The number of nitrogens with two attached hydrogens (primary N) is 2. The molecule has 4 atom stereocenters. The van der Waals surface area contributed by atoms with Gasteiger partial charge < -0.3 is 26.0 Å². The summed E-state index contributed by atoms with van der Waals surface area (Å²) >= 11 is 0. The lowest BCUT2D eigenvalue weighted by Gasteiger charge is -2.43. The number of fused-ring (bicyclic) bond motifs is 1. The molecule has 0 bridgehead atoms. The Bertz CT molecular complexity index is 1060. The van der Waals surface area contributed by atoms with Gasteiger partial charge in [0.25, 0.3) is 0 Å². The monoisotopic (exact) mass is 511 g/mol. The van der Waals surface area contributed by atoms with Crippen LogP contribution >= 0.6 is 0 Å². The molecule has 0 spiro atoms. The molecule has 4 aliphatic rings. The molecular formula is C28H41N5O4. The van der Waals surface area contributed by atoms with Gasteiger partial charge in [-0.1, -0.05) is 27.2 Å². The van der Waals surface area contributed by atoms with Gasteiger partial charge in [0.2, 0.25) is 11.8 Å². The highest BCUT2D eigenvalue weighted by Crippen LogP contribution is 2.39. The number of nitrogens with zero attached hydrogens (tertiary/aromatic N) is 3. The molecule has 1 saturated carbocycles. The first kappa shape index (κ1) is 26.1. The summed E-state index contributed by atoms with van der Waals surface area (Å²) in [5.41, 5.74) is 13.9. The van der Waals surface area contributed by atoms with Crippen molar-refractivity contribution < 1.29 is 19.1 Å². The molecule has 3 heterocycles. The third kappa shape index (κ3) is 5.13. The molecule has 0 unspecified atom stereocenters. The zero-order chi connectivity index (χ0) is 26.5. The number of carbonyl (C=O) groups excluding carboxylic acids is 3. The maximum atomic E-state index is 14.2. The fraction of sp³-hybridized carbons (Fsp3) is 0.679.